The molecule has 0 spiro atoms. The summed E-state index contributed by atoms with van der Waals surface area (Å²) in [6, 6.07) is 0. The zero-order valence-electron chi connectivity index (χ0n) is 7.80. The number of aliphatic hydroxyl groups is 1. The summed E-state index contributed by atoms with van der Waals surface area (Å²) in [5.41, 5.74) is -2.83. The van der Waals surface area contributed by atoms with Crippen molar-refractivity contribution in [3.05, 3.63) is 0 Å². The van der Waals surface area contributed by atoms with Crippen LogP contribution in [-0.2, 0) is 19.3 Å². The fraction of sp³-hybridized carbons (Fsp3) is 0.500. The molecule has 0 aromatic heterocycles. The summed E-state index contributed by atoms with van der Waals surface area (Å²) < 4.78 is 0. The van der Waals surface area contributed by atoms with Gasteiger partial charge in [-0.25, -0.2) is 9.59 Å². The van der Waals surface area contributed by atoms with Crippen LogP contribution in [0.15, 0.2) is 0 Å². The number of carboxylic acid groups (broad SMARTS) is 2. The van der Waals surface area contributed by atoms with E-state index in [4.69, 9.17) is 15.5 Å². The summed E-state index contributed by atoms with van der Waals surface area (Å²) >= 11 is 0. The SMILES string of the molecule is O=C([O-])CC(O)(CC(=O)OO)C(=O)O.[Na+]. The Bertz CT molecular complexity index is 264. The van der Waals surface area contributed by atoms with Crippen LogP contribution in [0.3, 0.4) is 0 Å². The fourth-order valence-corrected chi connectivity index (χ4v) is 0.724. The van der Waals surface area contributed by atoms with Crippen molar-refractivity contribution in [2.45, 2.75) is 18.4 Å². The molecule has 80 valence electrons. The van der Waals surface area contributed by atoms with E-state index < -0.39 is 36.4 Å². The summed E-state index contributed by atoms with van der Waals surface area (Å²) in [5, 5.41) is 35.4. The van der Waals surface area contributed by atoms with Gasteiger partial charge in [0.15, 0.2) is 5.60 Å². The zero-order valence-corrected chi connectivity index (χ0v) is 9.80. The molecule has 0 heterocycles. The summed E-state index contributed by atoms with van der Waals surface area (Å²) in [5.74, 6) is -5.23. The van der Waals surface area contributed by atoms with E-state index in [1.165, 1.54) is 0 Å². The molecule has 8 nitrogen and oxygen atoms in total. The van der Waals surface area contributed by atoms with E-state index in [0.29, 0.717) is 0 Å². The van der Waals surface area contributed by atoms with E-state index in [-0.39, 0.29) is 29.6 Å². The maximum Gasteiger partial charge on any atom is 1.00 e. The van der Waals surface area contributed by atoms with Crippen LogP contribution in [0.2, 0.25) is 0 Å². The molecule has 15 heavy (non-hydrogen) atoms. The predicted octanol–water partition coefficient (Wildman–Crippen LogP) is -5.65. The second-order valence-corrected chi connectivity index (χ2v) is 2.53. The van der Waals surface area contributed by atoms with Crippen LogP contribution in [0.25, 0.3) is 0 Å². The van der Waals surface area contributed by atoms with Crippen LogP contribution in [0.4, 0.5) is 0 Å². The summed E-state index contributed by atoms with van der Waals surface area (Å²) in [6.45, 7) is 0. The number of rotatable bonds is 5. The van der Waals surface area contributed by atoms with E-state index in [9.17, 15) is 19.5 Å². The molecule has 0 rings (SSSR count). The Hall–Kier alpha value is -0.670. The quantitative estimate of drug-likeness (QED) is 0.241. The normalized spacial score (nSPS) is 13.2. The molecule has 0 amide bonds. The van der Waals surface area contributed by atoms with Gasteiger partial charge in [-0.05, 0) is 0 Å². The third kappa shape index (κ3) is 5.70. The first-order valence-electron chi connectivity index (χ1n) is 3.31. The van der Waals surface area contributed by atoms with Crippen molar-refractivity contribution in [1.82, 2.24) is 0 Å². The zero-order chi connectivity index (χ0) is 11.4. The number of carbonyl (C=O) groups excluding carboxylic acids is 2. The number of carboxylic acids is 2. The topological polar surface area (TPSA) is 144 Å². The van der Waals surface area contributed by atoms with Crippen LogP contribution in [0.1, 0.15) is 12.8 Å². The van der Waals surface area contributed by atoms with Gasteiger partial charge >= 0.3 is 41.5 Å². The van der Waals surface area contributed by atoms with Crippen molar-refractivity contribution in [3.63, 3.8) is 0 Å². The van der Waals surface area contributed by atoms with Crippen molar-refractivity contribution >= 4 is 17.9 Å². The van der Waals surface area contributed by atoms with Gasteiger partial charge in [0.25, 0.3) is 0 Å². The van der Waals surface area contributed by atoms with Crippen LogP contribution in [0.5, 0.6) is 0 Å². The molecule has 0 saturated heterocycles. The van der Waals surface area contributed by atoms with E-state index in [2.05, 4.69) is 4.89 Å². The van der Waals surface area contributed by atoms with Gasteiger partial charge in [-0.15, -0.1) is 0 Å². The van der Waals surface area contributed by atoms with E-state index >= 15 is 0 Å². The minimum absolute atomic E-state index is 0. The van der Waals surface area contributed by atoms with Gasteiger partial charge in [0, 0.05) is 12.4 Å². The predicted molar refractivity (Wildman–Crippen MR) is 35.5 cm³/mol. The van der Waals surface area contributed by atoms with Crippen molar-refractivity contribution < 1.29 is 69.4 Å². The number of aliphatic carboxylic acids is 2. The average molecular weight is 230 g/mol. The first-order valence-corrected chi connectivity index (χ1v) is 3.31. The second-order valence-electron chi connectivity index (χ2n) is 2.53. The van der Waals surface area contributed by atoms with Gasteiger partial charge < -0.3 is 25.0 Å². The molecule has 3 N–H and O–H groups in total. The van der Waals surface area contributed by atoms with Crippen LogP contribution >= 0.6 is 0 Å². The van der Waals surface area contributed by atoms with E-state index in [1.807, 2.05) is 0 Å². The van der Waals surface area contributed by atoms with Gasteiger partial charge in [0.2, 0.25) is 0 Å². The first kappa shape index (κ1) is 16.7. The molecule has 0 aliphatic heterocycles. The molecule has 0 saturated carbocycles. The van der Waals surface area contributed by atoms with Crippen LogP contribution < -0.4 is 34.7 Å². The minimum atomic E-state index is -2.83. The second kappa shape index (κ2) is 6.75. The minimum Gasteiger partial charge on any atom is -0.550 e. The molecule has 0 aromatic carbocycles. The third-order valence-electron chi connectivity index (χ3n) is 1.37. The van der Waals surface area contributed by atoms with E-state index in [1.54, 1.807) is 0 Å². The van der Waals surface area contributed by atoms with Crippen molar-refractivity contribution in [3.8, 4) is 0 Å². The molecule has 0 aliphatic rings. The summed E-state index contributed by atoms with van der Waals surface area (Å²) in [4.78, 5) is 33.9. The van der Waals surface area contributed by atoms with Crippen molar-refractivity contribution in [2.24, 2.45) is 0 Å². The molecule has 0 bridgehead atoms. The Kier molecular flexibility index (Phi) is 7.53. The molecule has 0 aromatic rings. The molecule has 1 atom stereocenters. The Morgan fingerprint density at radius 1 is 1.27 bits per heavy atom. The van der Waals surface area contributed by atoms with Gasteiger partial charge in [0.05, 0.1) is 6.42 Å². The largest absolute Gasteiger partial charge is 1.00 e. The smallest absolute Gasteiger partial charge is 0.550 e. The monoisotopic (exact) mass is 230 g/mol. The first-order chi connectivity index (χ1) is 6.31. The van der Waals surface area contributed by atoms with Crippen LogP contribution in [0, 0.1) is 0 Å². The maximum absolute atomic E-state index is 10.4. The van der Waals surface area contributed by atoms with Gasteiger partial charge in [0.1, 0.15) is 0 Å². The number of hydrogen-bond acceptors (Lipinski definition) is 7. The van der Waals surface area contributed by atoms with Gasteiger partial charge in [-0.1, -0.05) is 0 Å². The molecular formula is C6H7NaO8. The van der Waals surface area contributed by atoms with Crippen LogP contribution in [-0.4, -0.2) is 39.0 Å². The van der Waals surface area contributed by atoms with Crippen molar-refractivity contribution in [2.75, 3.05) is 0 Å². The van der Waals surface area contributed by atoms with Crippen molar-refractivity contribution in [1.29, 1.82) is 0 Å². The fourth-order valence-electron chi connectivity index (χ4n) is 0.724. The molecular weight excluding hydrogens is 223 g/mol. The molecule has 0 fully saturated rings. The molecule has 0 radical (unpaired) electrons. The third-order valence-corrected chi connectivity index (χ3v) is 1.37. The number of carbonyl (C=O) groups is 3. The van der Waals surface area contributed by atoms with Gasteiger partial charge in [-0.3, -0.25) is 0 Å². The standard InChI is InChI=1S/C6H8O8.Na/c7-3(8)1-6(12,5(10)11)2-4(9)14-13;/h12-13H,1-2H2,(H,7,8)(H,10,11);/q;+1/p-1. The Morgan fingerprint density at radius 3 is 2.00 bits per heavy atom. The molecule has 0 aliphatic carbocycles. The summed E-state index contributed by atoms with van der Waals surface area (Å²) in [6.07, 6.45) is -2.47. The maximum atomic E-state index is 10.4. The van der Waals surface area contributed by atoms with E-state index in [0.717, 1.165) is 0 Å². The Balaban J connectivity index is 0. The number of hydrogen-bond donors (Lipinski definition) is 3. The molecule has 9 heteroatoms. The Morgan fingerprint density at radius 2 is 1.73 bits per heavy atom. The molecule has 1 unspecified atom stereocenters. The average Bonchev–Trinajstić information content (AvgIpc) is 2.02. The Labute approximate surface area is 106 Å². The summed E-state index contributed by atoms with van der Waals surface area (Å²) in [7, 11) is 0. The van der Waals surface area contributed by atoms with Gasteiger partial charge in [-0.2, -0.15) is 5.26 Å².